The van der Waals surface area contributed by atoms with Gasteiger partial charge in [-0.2, -0.15) is 0 Å². The molecule has 2 rings (SSSR count). The van der Waals surface area contributed by atoms with Crippen LogP contribution in [-0.4, -0.2) is 11.7 Å². The Bertz CT molecular complexity index is 619. The molecule has 0 radical (unpaired) electrons. The van der Waals surface area contributed by atoms with Crippen molar-refractivity contribution in [3.8, 4) is 11.5 Å². The van der Waals surface area contributed by atoms with Crippen LogP contribution in [0.3, 0.4) is 0 Å². The topological polar surface area (TPSA) is 41.5 Å². The normalized spacial score (nSPS) is 10.4. The molecule has 21 heavy (non-hydrogen) atoms. The van der Waals surface area contributed by atoms with Crippen LogP contribution < -0.4 is 10.1 Å². The number of phenols is 1. The molecule has 0 aliphatic heterocycles. The highest BCUT2D eigenvalue weighted by molar-refractivity contribution is 9.10. The number of hydrogen-bond acceptors (Lipinski definition) is 3. The second kappa shape index (κ2) is 7.57. The Hall–Kier alpha value is -1.39. The molecule has 0 fully saturated rings. The fourth-order valence-electron chi connectivity index (χ4n) is 1.85. The van der Waals surface area contributed by atoms with E-state index < -0.39 is 0 Å². The minimum Gasteiger partial charge on any atom is -0.506 e. The minimum atomic E-state index is 0.0802. The molecule has 2 aromatic rings. The maximum Gasteiger partial charge on any atom is 0.134 e. The Balaban J connectivity index is 2.10. The summed E-state index contributed by atoms with van der Waals surface area (Å²) in [6, 6.07) is 11.0. The van der Waals surface area contributed by atoms with Crippen molar-refractivity contribution in [2.24, 2.45) is 0 Å². The van der Waals surface area contributed by atoms with Crippen LogP contribution in [0.15, 0.2) is 40.9 Å². The van der Waals surface area contributed by atoms with E-state index in [4.69, 9.17) is 16.3 Å². The summed E-state index contributed by atoms with van der Waals surface area (Å²) < 4.78 is 6.75. The predicted molar refractivity (Wildman–Crippen MR) is 90.4 cm³/mol. The molecule has 0 bridgehead atoms. The molecule has 0 spiro atoms. The Morgan fingerprint density at radius 1 is 1.24 bits per heavy atom. The third-order valence-electron chi connectivity index (χ3n) is 2.91. The first kappa shape index (κ1) is 16.0. The second-order valence-electron chi connectivity index (χ2n) is 4.62. The lowest BCUT2D eigenvalue weighted by atomic mass is 10.2. The average Bonchev–Trinajstić information content (AvgIpc) is 2.47. The molecular weight excluding hydrogens is 354 g/mol. The highest BCUT2D eigenvalue weighted by atomic mass is 79.9. The van der Waals surface area contributed by atoms with Gasteiger partial charge in [-0.05, 0) is 42.8 Å². The van der Waals surface area contributed by atoms with Crippen molar-refractivity contribution >= 4 is 33.2 Å². The molecule has 0 heterocycles. The maximum atomic E-state index is 9.42. The molecule has 0 saturated carbocycles. The third-order valence-corrected chi connectivity index (χ3v) is 3.71. The molecule has 0 aliphatic rings. The van der Waals surface area contributed by atoms with Gasteiger partial charge < -0.3 is 15.2 Å². The Labute approximate surface area is 138 Å². The summed E-state index contributed by atoms with van der Waals surface area (Å²) in [5, 5.41) is 13.0. The SMILES string of the molecule is CCCOc1ccc(Br)cc1CNc1ccc(O)c(Cl)c1. The van der Waals surface area contributed by atoms with Crippen LogP contribution in [0, 0.1) is 0 Å². The summed E-state index contributed by atoms with van der Waals surface area (Å²) in [5.41, 5.74) is 1.90. The zero-order chi connectivity index (χ0) is 15.2. The summed E-state index contributed by atoms with van der Waals surface area (Å²) in [6.07, 6.45) is 0.969. The molecule has 0 atom stereocenters. The van der Waals surface area contributed by atoms with E-state index in [9.17, 15) is 5.11 Å². The van der Waals surface area contributed by atoms with E-state index in [1.807, 2.05) is 18.2 Å². The number of nitrogens with one attached hydrogen (secondary N) is 1. The van der Waals surface area contributed by atoms with Gasteiger partial charge in [-0.25, -0.2) is 0 Å². The monoisotopic (exact) mass is 369 g/mol. The van der Waals surface area contributed by atoms with Gasteiger partial charge in [-0.3, -0.25) is 0 Å². The lowest BCUT2D eigenvalue weighted by molar-refractivity contribution is 0.314. The molecule has 5 heteroatoms. The molecule has 0 aliphatic carbocycles. The van der Waals surface area contributed by atoms with Gasteiger partial charge in [0.05, 0.1) is 11.6 Å². The van der Waals surface area contributed by atoms with E-state index in [0.717, 1.165) is 27.9 Å². The quantitative estimate of drug-likeness (QED) is 0.686. The fourth-order valence-corrected chi connectivity index (χ4v) is 2.44. The van der Waals surface area contributed by atoms with Gasteiger partial charge in [-0.15, -0.1) is 0 Å². The number of phenolic OH excluding ortho intramolecular Hbond substituents is 1. The van der Waals surface area contributed by atoms with E-state index in [0.29, 0.717) is 18.2 Å². The van der Waals surface area contributed by atoms with Crippen molar-refractivity contribution in [2.75, 3.05) is 11.9 Å². The van der Waals surface area contributed by atoms with Crippen LogP contribution in [0.2, 0.25) is 5.02 Å². The highest BCUT2D eigenvalue weighted by Crippen LogP contribution is 2.28. The molecular formula is C16H17BrClNO2. The number of rotatable bonds is 6. The first-order valence-corrected chi connectivity index (χ1v) is 7.91. The lowest BCUT2D eigenvalue weighted by Gasteiger charge is -2.13. The number of ether oxygens (including phenoxy) is 1. The maximum absolute atomic E-state index is 9.42. The Morgan fingerprint density at radius 2 is 2.05 bits per heavy atom. The first-order valence-electron chi connectivity index (χ1n) is 6.73. The number of anilines is 1. The molecule has 2 aromatic carbocycles. The summed E-state index contributed by atoms with van der Waals surface area (Å²) in [4.78, 5) is 0. The van der Waals surface area contributed by atoms with Crippen LogP contribution in [0.5, 0.6) is 11.5 Å². The zero-order valence-electron chi connectivity index (χ0n) is 11.7. The van der Waals surface area contributed by atoms with Crippen molar-refractivity contribution in [3.05, 3.63) is 51.5 Å². The van der Waals surface area contributed by atoms with Crippen LogP contribution in [0.4, 0.5) is 5.69 Å². The van der Waals surface area contributed by atoms with E-state index in [1.165, 1.54) is 0 Å². The van der Waals surface area contributed by atoms with Crippen molar-refractivity contribution < 1.29 is 9.84 Å². The summed E-state index contributed by atoms with van der Waals surface area (Å²) in [7, 11) is 0. The van der Waals surface area contributed by atoms with Crippen molar-refractivity contribution in [1.82, 2.24) is 0 Å². The van der Waals surface area contributed by atoms with Gasteiger partial charge in [0.25, 0.3) is 0 Å². The summed E-state index contributed by atoms with van der Waals surface area (Å²) in [6.45, 7) is 3.38. The smallest absolute Gasteiger partial charge is 0.134 e. The molecule has 3 nitrogen and oxygen atoms in total. The lowest BCUT2D eigenvalue weighted by Crippen LogP contribution is -2.04. The van der Waals surface area contributed by atoms with Crippen molar-refractivity contribution in [2.45, 2.75) is 19.9 Å². The third kappa shape index (κ3) is 4.55. The number of hydrogen-bond donors (Lipinski definition) is 2. The summed E-state index contributed by atoms with van der Waals surface area (Å²) in [5.74, 6) is 0.953. The number of halogens is 2. The van der Waals surface area contributed by atoms with Crippen LogP contribution in [0.1, 0.15) is 18.9 Å². The molecule has 0 unspecified atom stereocenters. The summed E-state index contributed by atoms with van der Waals surface area (Å²) >= 11 is 9.37. The van der Waals surface area contributed by atoms with E-state index in [1.54, 1.807) is 18.2 Å². The number of aromatic hydroxyl groups is 1. The van der Waals surface area contributed by atoms with Gasteiger partial charge in [0, 0.05) is 22.3 Å². The average molecular weight is 371 g/mol. The Morgan fingerprint density at radius 3 is 2.76 bits per heavy atom. The van der Waals surface area contributed by atoms with E-state index in [2.05, 4.69) is 28.2 Å². The Kier molecular flexibility index (Phi) is 5.76. The molecule has 0 aromatic heterocycles. The largest absolute Gasteiger partial charge is 0.506 e. The first-order chi connectivity index (χ1) is 10.1. The molecule has 2 N–H and O–H groups in total. The van der Waals surface area contributed by atoms with Gasteiger partial charge in [0.1, 0.15) is 11.5 Å². The highest BCUT2D eigenvalue weighted by Gasteiger charge is 2.06. The van der Waals surface area contributed by atoms with Gasteiger partial charge in [-0.1, -0.05) is 34.5 Å². The van der Waals surface area contributed by atoms with Crippen LogP contribution in [0.25, 0.3) is 0 Å². The fraction of sp³-hybridized carbons (Fsp3) is 0.250. The molecule has 0 amide bonds. The predicted octanol–water partition coefficient (Wildman–Crippen LogP) is 5.21. The van der Waals surface area contributed by atoms with Gasteiger partial charge >= 0.3 is 0 Å². The second-order valence-corrected chi connectivity index (χ2v) is 5.94. The van der Waals surface area contributed by atoms with Gasteiger partial charge in [0.2, 0.25) is 0 Å². The number of benzene rings is 2. The minimum absolute atomic E-state index is 0.0802. The molecule has 112 valence electrons. The van der Waals surface area contributed by atoms with Crippen molar-refractivity contribution in [3.63, 3.8) is 0 Å². The van der Waals surface area contributed by atoms with Gasteiger partial charge in [0.15, 0.2) is 0 Å². The van der Waals surface area contributed by atoms with E-state index in [-0.39, 0.29) is 5.75 Å². The van der Waals surface area contributed by atoms with Crippen LogP contribution in [-0.2, 0) is 6.54 Å². The molecule has 0 saturated heterocycles. The zero-order valence-corrected chi connectivity index (χ0v) is 14.0. The van der Waals surface area contributed by atoms with Crippen molar-refractivity contribution in [1.29, 1.82) is 0 Å². The standard InChI is InChI=1S/C16H17BrClNO2/c1-2-7-21-16-6-3-12(17)8-11(16)10-19-13-4-5-15(20)14(18)9-13/h3-6,8-9,19-20H,2,7,10H2,1H3. The van der Waals surface area contributed by atoms with E-state index >= 15 is 0 Å². The van der Waals surface area contributed by atoms with Crippen LogP contribution >= 0.6 is 27.5 Å².